The van der Waals surface area contributed by atoms with Crippen LogP contribution < -0.4 is 10.6 Å². The quantitative estimate of drug-likeness (QED) is 0.765. The number of hydrogen-bond acceptors (Lipinski definition) is 2. The smallest absolute Gasteiger partial charge is 0.229 e. The van der Waals surface area contributed by atoms with Crippen LogP contribution in [-0.2, 0) is 16.0 Å². The van der Waals surface area contributed by atoms with Crippen molar-refractivity contribution in [3.8, 4) is 0 Å². The Labute approximate surface area is 112 Å². The van der Waals surface area contributed by atoms with Gasteiger partial charge in [-0.3, -0.25) is 9.59 Å². The fourth-order valence-corrected chi connectivity index (χ4v) is 1.58. The molecule has 0 atom stereocenters. The lowest BCUT2D eigenvalue weighted by Crippen LogP contribution is -2.35. The van der Waals surface area contributed by atoms with Gasteiger partial charge in [0.1, 0.15) is 12.2 Å². The molecule has 19 heavy (non-hydrogen) atoms. The molecule has 0 saturated heterocycles. The topological polar surface area (TPSA) is 58.2 Å². The van der Waals surface area contributed by atoms with Gasteiger partial charge in [-0.05, 0) is 38.0 Å². The zero-order chi connectivity index (χ0) is 14.3. The maximum atomic E-state index is 12.7. The van der Waals surface area contributed by atoms with Gasteiger partial charge < -0.3 is 10.6 Å². The van der Waals surface area contributed by atoms with E-state index in [9.17, 15) is 14.0 Å². The monoisotopic (exact) mass is 266 g/mol. The summed E-state index contributed by atoms with van der Waals surface area (Å²) >= 11 is 0. The summed E-state index contributed by atoms with van der Waals surface area (Å²) in [5.74, 6) is -0.868. The van der Waals surface area contributed by atoms with Crippen molar-refractivity contribution < 1.29 is 14.0 Å². The van der Waals surface area contributed by atoms with E-state index >= 15 is 0 Å². The molecule has 1 rings (SSSR count). The average Bonchev–Trinajstić information content (AvgIpc) is 2.30. The zero-order valence-corrected chi connectivity index (χ0v) is 11.2. The van der Waals surface area contributed by atoms with Crippen molar-refractivity contribution in [3.63, 3.8) is 0 Å². The van der Waals surface area contributed by atoms with E-state index in [1.807, 2.05) is 13.8 Å². The lowest BCUT2D eigenvalue weighted by Gasteiger charge is -2.08. The van der Waals surface area contributed by atoms with Crippen LogP contribution in [0, 0.1) is 5.82 Å². The predicted octanol–water partition coefficient (Wildman–Crippen LogP) is 1.40. The highest BCUT2D eigenvalue weighted by molar-refractivity contribution is 5.96. The highest BCUT2D eigenvalue weighted by atomic mass is 19.1. The van der Waals surface area contributed by atoms with Crippen LogP contribution in [0.15, 0.2) is 24.3 Å². The van der Waals surface area contributed by atoms with Gasteiger partial charge in [0.25, 0.3) is 0 Å². The van der Waals surface area contributed by atoms with E-state index in [1.165, 1.54) is 12.1 Å². The van der Waals surface area contributed by atoms with Gasteiger partial charge in [-0.2, -0.15) is 0 Å². The fourth-order valence-electron chi connectivity index (χ4n) is 1.58. The van der Waals surface area contributed by atoms with Crippen molar-refractivity contribution in [2.45, 2.75) is 32.7 Å². The van der Waals surface area contributed by atoms with Gasteiger partial charge in [-0.15, -0.1) is 0 Å². The van der Waals surface area contributed by atoms with Gasteiger partial charge in [0.2, 0.25) is 11.8 Å². The molecule has 0 saturated carbocycles. The first-order valence-corrected chi connectivity index (χ1v) is 6.28. The predicted molar refractivity (Wildman–Crippen MR) is 71.0 cm³/mol. The average molecular weight is 266 g/mol. The lowest BCUT2D eigenvalue weighted by molar-refractivity contribution is -0.129. The Hall–Kier alpha value is -1.91. The summed E-state index contributed by atoms with van der Waals surface area (Å²) in [6.45, 7) is 4.11. The molecule has 104 valence electrons. The Morgan fingerprint density at radius 2 is 1.79 bits per heavy atom. The molecule has 0 aliphatic carbocycles. The Morgan fingerprint density at radius 3 is 2.37 bits per heavy atom. The third kappa shape index (κ3) is 6.55. The number of carbonyl (C=O) groups is 2. The maximum Gasteiger partial charge on any atom is 0.229 e. The standard InChI is InChI=1S/C14H19FN2O2/c1-10(2)17-14(19)9-13(18)16-8-7-11-3-5-12(15)6-4-11/h3-6,10H,7-9H2,1-2H3,(H,16,18)(H,17,19). The fraction of sp³-hybridized carbons (Fsp3) is 0.429. The normalized spacial score (nSPS) is 10.3. The van der Waals surface area contributed by atoms with Gasteiger partial charge in [-0.25, -0.2) is 4.39 Å². The minimum Gasteiger partial charge on any atom is -0.355 e. The molecule has 4 nitrogen and oxygen atoms in total. The van der Waals surface area contributed by atoms with Crippen molar-refractivity contribution >= 4 is 11.8 Å². The minimum absolute atomic E-state index is 0.0273. The summed E-state index contributed by atoms with van der Waals surface area (Å²) < 4.78 is 12.7. The minimum atomic E-state index is -0.305. The Morgan fingerprint density at radius 1 is 1.16 bits per heavy atom. The number of carbonyl (C=O) groups excluding carboxylic acids is 2. The summed E-state index contributed by atoms with van der Waals surface area (Å²) in [5, 5.41) is 5.30. The molecule has 1 aromatic carbocycles. The number of amides is 2. The number of benzene rings is 1. The Kier molecular flexibility index (Phi) is 5.99. The molecule has 0 aliphatic rings. The molecule has 0 heterocycles. The van der Waals surface area contributed by atoms with Crippen molar-refractivity contribution in [1.29, 1.82) is 0 Å². The third-order valence-corrected chi connectivity index (χ3v) is 2.42. The second-order valence-corrected chi connectivity index (χ2v) is 4.63. The maximum absolute atomic E-state index is 12.7. The van der Waals surface area contributed by atoms with E-state index in [4.69, 9.17) is 0 Å². The zero-order valence-electron chi connectivity index (χ0n) is 11.2. The molecule has 5 heteroatoms. The SMILES string of the molecule is CC(C)NC(=O)CC(=O)NCCc1ccc(F)cc1. The lowest BCUT2D eigenvalue weighted by atomic mass is 10.1. The number of rotatable bonds is 6. The molecule has 0 aromatic heterocycles. The largest absolute Gasteiger partial charge is 0.355 e. The third-order valence-electron chi connectivity index (χ3n) is 2.42. The summed E-state index contributed by atoms with van der Waals surface area (Å²) in [6, 6.07) is 6.14. The van der Waals surface area contributed by atoms with E-state index in [1.54, 1.807) is 12.1 Å². The number of hydrogen-bond donors (Lipinski definition) is 2. The molecule has 1 aromatic rings. The van der Waals surface area contributed by atoms with E-state index in [0.717, 1.165) is 5.56 Å². The van der Waals surface area contributed by atoms with Gasteiger partial charge in [0.15, 0.2) is 0 Å². The molecule has 0 aliphatic heterocycles. The van der Waals surface area contributed by atoms with Crippen LogP contribution in [0.2, 0.25) is 0 Å². The van der Waals surface area contributed by atoms with Gasteiger partial charge in [0.05, 0.1) is 0 Å². The van der Waals surface area contributed by atoms with Gasteiger partial charge in [-0.1, -0.05) is 12.1 Å². The first-order chi connectivity index (χ1) is 8.97. The highest BCUT2D eigenvalue weighted by Gasteiger charge is 2.09. The molecule has 0 unspecified atom stereocenters. The molecule has 2 N–H and O–H groups in total. The van der Waals surface area contributed by atoms with Crippen LogP contribution in [0.1, 0.15) is 25.8 Å². The molecule has 0 radical (unpaired) electrons. The summed E-state index contributed by atoms with van der Waals surface area (Å²) in [7, 11) is 0. The van der Waals surface area contributed by atoms with Crippen molar-refractivity contribution in [1.82, 2.24) is 10.6 Å². The van der Waals surface area contributed by atoms with Crippen molar-refractivity contribution in [3.05, 3.63) is 35.6 Å². The number of halogens is 1. The van der Waals surface area contributed by atoms with Gasteiger partial charge in [0, 0.05) is 12.6 Å². The van der Waals surface area contributed by atoms with Crippen LogP contribution in [0.3, 0.4) is 0 Å². The van der Waals surface area contributed by atoms with Crippen LogP contribution in [-0.4, -0.2) is 24.4 Å². The summed E-state index contributed by atoms with van der Waals surface area (Å²) in [5.41, 5.74) is 0.938. The highest BCUT2D eigenvalue weighted by Crippen LogP contribution is 2.02. The van der Waals surface area contributed by atoms with E-state index in [0.29, 0.717) is 13.0 Å². The van der Waals surface area contributed by atoms with E-state index < -0.39 is 0 Å². The van der Waals surface area contributed by atoms with Crippen LogP contribution in [0.25, 0.3) is 0 Å². The number of nitrogens with one attached hydrogen (secondary N) is 2. The molecule has 2 amide bonds. The summed E-state index contributed by atoms with van der Waals surface area (Å²) in [4.78, 5) is 22.8. The molecule has 0 spiro atoms. The molecular weight excluding hydrogens is 247 g/mol. The Balaban J connectivity index is 2.23. The molecule has 0 fully saturated rings. The van der Waals surface area contributed by atoms with Crippen molar-refractivity contribution in [2.75, 3.05) is 6.54 Å². The first kappa shape index (κ1) is 15.1. The summed E-state index contributed by atoms with van der Waals surface area (Å²) in [6.07, 6.45) is 0.444. The van der Waals surface area contributed by atoms with Crippen LogP contribution >= 0.6 is 0 Å². The second-order valence-electron chi connectivity index (χ2n) is 4.63. The second kappa shape index (κ2) is 7.51. The first-order valence-electron chi connectivity index (χ1n) is 6.28. The van der Waals surface area contributed by atoms with Gasteiger partial charge >= 0.3 is 0 Å². The molecule has 0 bridgehead atoms. The molecular formula is C14H19FN2O2. The van der Waals surface area contributed by atoms with E-state index in [-0.39, 0.29) is 30.1 Å². The Bertz CT molecular complexity index is 430. The van der Waals surface area contributed by atoms with Crippen LogP contribution in [0.5, 0.6) is 0 Å². The van der Waals surface area contributed by atoms with Crippen LogP contribution in [0.4, 0.5) is 4.39 Å². The van der Waals surface area contributed by atoms with Crippen molar-refractivity contribution in [2.24, 2.45) is 0 Å². The van der Waals surface area contributed by atoms with E-state index in [2.05, 4.69) is 10.6 Å².